The highest BCUT2D eigenvalue weighted by Gasteiger charge is 2.56. The van der Waals surface area contributed by atoms with Crippen LogP contribution in [0, 0.1) is 5.41 Å². The predicted molar refractivity (Wildman–Crippen MR) is 117 cm³/mol. The fourth-order valence-corrected chi connectivity index (χ4v) is 4.85. The average molecular weight is 421 g/mol. The van der Waals surface area contributed by atoms with E-state index < -0.39 is 17.4 Å². The van der Waals surface area contributed by atoms with Crippen molar-refractivity contribution in [1.82, 2.24) is 0 Å². The average Bonchev–Trinajstić information content (AvgIpc) is 2.72. The molecule has 0 bridgehead atoms. The number of likely N-dealkylation sites (tertiary alicyclic amines) is 1. The molecule has 0 spiro atoms. The summed E-state index contributed by atoms with van der Waals surface area (Å²) in [6, 6.07) is 6.96. The zero-order chi connectivity index (χ0) is 21.8. The summed E-state index contributed by atoms with van der Waals surface area (Å²) in [6.07, 6.45) is 2.84. The highest BCUT2D eigenvalue weighted by atomic mass is 32.1. The lowest BCUT2D eigenvalue weighted by atomic mass is 9.79. The fraction of sp³-hybridized carbons (Fsp3) is 0.609. The molecule has 0 saturated carbocycles. The Labute approximate surface area is 179 Å². The molecular weight excluding hydrogens is 386 g/mol. The zero-order valence-electron chi connectivity index (χ0n) is 18.2. The lowest BCUT2D eigenvalue weighted by Crippen LogP contribution is -2.68. The van der Waals surface area contributed by atoms with E-state index in [1.807, 2.05) is 38.1 Å². The van der Waals surface area contributed by atoms with Crippen molar-refractivity contribution < 1.29 is 23.6 Å². The van der Waals surface area contributed by atoms with Crippen LogP contribution in [0.5, 0.6) is 5.75 Å². The van der Waals surface area contributed by atoms with Gasteiger partial charge in [0.2, 0.25) is 5.12 Å². The molecule has 0 N–H and O–H groups in total. The number of rotatable bonds is 8. The van der Waals surface area contributed by atoms with Crippen molar-refractivity contribution in [3.63, 3.8) is 0 Å². The molecule has 1 heterocycles. The molecule has 1 aliphatic rings. The molecule has 1 fully saturated rings. The van der Waals surface area contributed by atoms with Crippen LogP contribution in [-0.2, 0) is 14.4 Å². The van der Waals surface area contributed by atoms with E-state index in [0.717, 1.165) is 24.2 Å². The molecule has 5 nitrogen and oxygen atoms in total. The summed E-state index contributed by atoms with van der Waals surface area (Å²) in [5, 5.41) is -0.325. The molecular formula is C23H34NO4S+. The highest BCUT2D eigenvalue weighted by Crippen LogP contribution is 2.41. The Morgan fingerprint density at radius 2 is 1.79 bits per heavy atom. The van der Waals surface area contributed by atoms with E-state index >= 15 is 0 Å². The van der Waals surface area contributed by atoms with Gasteiger partial charge >= 0.3 is 5.91 Å². The number of carbonyl (C=O) groups is 3. The third kappa shape index (κ3) is 4.58. The molecule has 29 heavy (non-hydrogen) atoms. The number of carbonyl (C=O) groups excluding carboxylic acids is 3. The largest absolute Gasteiger partial charge is 0.497 e. The molecule has 6 heteroatoms. The molecule has 3 atom stereocenters. The number of nitrogens with zero attached hydrogens (tertiary/aromatic N) is 1. The number of piperidine rings is 1. The van der Waals surface area contributed by atoms with E-state index in [-0.39, 0.29) is 21.3 Å². The van der Waals surface area contributed by atoms with E-state index in [0.29, 0.717) is 25.9 Å². The number of hydrogen-bond acceptors (Lipinski definition) is 4. The van der Waals surface area contributed by atoms with Crippen molar-refractivity contribution in [2.24, 2.45) is 5.41 Å². The van der Waals surface area contributed by atoms with Gasteiger partial charge in [0, 0.05) is 11.3 Å². The first kappa shape index (κ1) is 23.6. The van der Waals surface area contributed by atoms with Crippen LogP contribution in [0.4, 0.5) is 0 Å². The second-order valence-corrected chi connectivity index (χ2v) is 9.10. The molecule has 0 radical (unpaired) electrons. The van der Waals surface area contributed by atoms with Gasteiger partial charge in [-0.15, -0.1) is 0 Å². The van der Waals surface area contributed by atoms with Crippen LogP contribution >= 0.6 is 12.6 Å². The highest BCUT2D eigenvalue weighted by molar-refractivity contribution is 7.96. The van der Waals surface area contributed by atoms with Crippen LogP contribution in [0.15, 0.2) is 24.3 Å². The van der Waals surface area contributed by atoms with Gasteiger partial charge in [-0.2, -0.15) is 0 Å². The second-order valence-electron chi connectivity index (χ2n) is 8.66. The first-order chi connectivity index (χ1) is 13.6. The lowest BCUT2D eigenvalue weighted by Gasteiger charge is -2.47. The monoisotopic (exact) mass is 420 g/mol. The van der Waals surface area contributed by atoms with Crippen molar-refractivity contribution in [2.45, 2.75) is 65.3 Å². The molecule has 1 saturated heterocycles. The van der Waals surface area contributed by atoms with Crippen molar-refractivity contribution in [3.05, 3.63) is 29.8 Å². The number of quaternary nitrogens is 1. The van der Waals surface area contributed by atoms with Crippen LogP contribution in [0.2, 0.25) is 0 Å². The van der Waals surface area contributed by atoms with Crippen LogP contribution in [-0.4, -0.2) is 47.5 Å². The minimum absolute atomic E-state index is 0.113. The molecule has 1 aromatic rings. The maximum atomic E-state index is 13.6. The Balaban J connectivity index is 2.55. The number of Topliss-reactive ketones (excluding diaryl/α,β-unsaturated/α-hetero) is 1. The number of ether oxygens (including phenoxy) is 1. The van der Waals surface area contributed by atoms with Crippen LogP contribution < -0.4 is 4.74 Å². The quantitative estimate of drug-likeness (QED) is 0.390. The van der Waals surface area contributed by atoms with Gasteiger partial charge in [0.25, 0.3) is 5.78 Å². The number of thiol groups is 1. The molecule has 0 aromatic heterocycles. The second kappa shape index (κ2) is 9.43. The Morgan fingerprint density at radius 3 is 2.28 bits per heavy atom. The SMILES string of the molecule is CCC[N+]1(C(=O)C(=O)C(C)(C)CC)CCCC(c2ccc(OC)cc2)C1C(=O)S. The molecule has 3 unspecified atom stereocenters. The van der Waals surface area contributed by atoms with Crippen LogP contribution in [0.1, 0.15) is 64.9 Å². The molecule has 1 aromatic carbocycles. The van der Waals surface area contributed by atoms with Gasteiger partial charge in [-0.1, -0.05) is 52.5 Å². The third-order valence-corrected chi connectivity index (χ3v) is 6.77. The summed E-state index contributed by atoms with van der Waals surface area (Å²) in [7, 11) is 1.61. The topological polar surface area (TPSA) is 60.4 Å². The smallest absolute Gasteiger partial charge is 0.382 e. The Hall–Kier alpha value is -1.66. The van der Waals surface area contributed by atoms with Gasteiger partial charge in [-0.25, -0.2) is 9.28 Å². The summed E-state index contributed by atoms with van der Waals surface area (Å²) in [4.78, 5) is 39.6. The summed E-state index contributed by atoms with van der Waals surface area (Å²) < 4.78 is 5.13. The first-order valence-electron chi connectivity index (χ1n) is 10.5. The van der Waals surface area contributed by atoms with Crippen molar-refractivity contribution >= 4 is 29.4 Å². The van der Waals surface area contributed by atoms with Crippen molar-refractivity contribution in [2.75, 3.05) is 20.2 Å². The van der Waals surface area contributed by atoms with Crippen LogP contribution in [0.3, 0.4) is 0 Å². The molecule has 1 amide bonds. The maximum absolute atomic E-state index is 13.6. The standard InChI is InChI=1S/C23H33NO4S/c1-6-14-24(21(26)20(25)23(3,4)7-2)15-8-9-18(19(24)22(27)29)16-10-12-17(28-5)13-11-16/h10-13,18-19H,6-9,14-15H2,1-5H3/p+1. The predicted octanol–water partition coefficient (Wildman–Crippen LogP) is 4.16. The van der Waals surface area contributed by atoms with Gasteiger partial charge in [0.05, 0.1) is 20.2 Å². The number of hydrogen-bond donors (Lipinski definition) is 1. The summed E-state index contributed by atoms with van der Waals surface area (Å²) in [5.74, 6) is -0.246. The van der Waals surface area contributed by atoms with Gasteiger partial charge < -0.3 is 4.74 Å². The van der Waals surface area contributed by atoms with E-state index in [1.165, 1.54) is 0 Å². The van der Waals surface area contributed by atoms with Gasteiger partial charge in [-0.05, 0) is 43.4 Å². The van der Waals surface area contributed by atoms with E-state index in [1.54, 1.807) is 21.0 Å². The maximum Gasteiger partial charge on any atom is 0.382 e. The fourth-order valence-electron chi connectivity index (χ4n) is 4.45. The molecule has 160 valence electrons. The molecule has 1 aliphatic heterocycles. The Morgan fingerprint density at radius 1 is 1.17 bits per heavy atom. The van der Waals surface area contributed by atoms with Gasteiger partial charge in [0.15, 0.2) is 6.04 Å². The molecule has 0 aliphatic carbocycles. The number of benzene rings is 1. The minimum Gasteiger partial charge on any atom is -0.497 e. The first-order valence-corrected chi connectivity index (χ1v) is 10.9. The Bertz CT molecular complexity index is 755. The number of methoxy groups -OCH3 is 1. The Kier molecular flexibility index (Phi) is 7.68. The van der Waals surface area contributed by atoms with E-state index in [2.05, 4.69) is 12.6 Å². The molecule has 2 rings (SSSR count). The summed E-state index contributed by atoms with van der Waals surface area (Å²) >= 11 is 4.21. The third-order valence-electron chi connectivity index (χ3n) is 6.50. The van der Waals surface area contributed by atoms with Crippen LogP contribution in [0.25, 0.3) is 0 Å². The lowest BCUT2D eigenvalue weighted by molar-refractivity contribution is -0.873. The zero-order valence-corrected chi connectivity index (χ0v) is 19.1. The summed E-state index contributed by atoms with van der Waals surface area (Å²) in [6.45, 7) is 8.47. The minimum atomic E-state index is -0.743. The van der Waals surface area contributed by atoms with Gasteiger partial charge in [0.1, 0.15) is 5.75 Å². The number of ketones is 1. The summed E-state index contributed by atoms with van der Waals surface area (Å²) in [5.41, 5.74) is 0.236. The van der Waals surface area contributed by atoms with E-state index in [9.17, 15) is 14.4 Å². The normalized spacial score (nSPS) is 24.8. The van der Waals surface area contributed by atoms with Crippen molar-refractivity contribution in [1.29, 1.82) is 0 Å². The van der Waals surface area contributed by atoms with Crippen molar-refractivity contribution in [3.8, 4) is 5.75 Å². The number of amides is 1. The van der Waals surface area contributed by atoms with E-state index in [4.69, 9.17) is 4.74 Å². The van der Waals surface area contributed by atoms with Gasteiger partial charge in [-0.3, -0.25) is 9.59 Å².